The Kier molecular flexibility index (Phi) is 3.38. The summed E-state index contributed by atoms with van der Waals surface area (Å²) in [4.78, 5) is 21.3. The van der Waals surface area contributed by atoms with Crippen molar-refractivity contribution in [1.29, 1.82) is 0 Å². The lowest BCUT2D eigenvalue weighted by Crippen LogP contribution is -2.39. The summed E-state index contributed by atoms with van der Waals surface area (Å²) in [6, 6.07) is 0. The number of nitrogens with zero attached hydrogens (tertiary/aromatic N) is 3. The summed E-state index contributed by atoms with van der Waals surface area (Å²) in [5.41, 5.74) is 5.29. The van der Waals surface area contributed by atoms with Crippen molar-refractivity contribution in [3.8, 4) is 0 Å². The first-order valence-electron chi connectivity index (χ1n) is 5.18. The highest BCUT2D eigenvalue weighted by molar-refractivity contribution is 9.10. The predicted molar refractivity (Wildman–Crippen MR) is 63.9 cm³/mol. The molecule has 2 heterocycles. The molecule has 1 fully saturated rings. The number of carbonyl (C=O) groups is 1. The number of carbonyl (C=O) groups excluding carboxylic acids is 1. The molecule has 86 valence electrons. The number of nitrogens with two attached hydrogens (primary N) is 1. The topological polar surface area (TPSA) is 72.1 Å². The molecule has 1 aliphatic rings. The van der Waals surface area contributed by atoms with E-state index in [1.807, 2.05) is 0 Å². The number of amides is 1. The van der Waals surface area contributed by atoms with E-state index in [-0.39, 0.29) is 11.8 Å². The average Bonchev–Trinajstić information content (AvgIpc) is 2.30. The molecule has 1 aliphatic heterocycles. The van der Waals surface area contributed by atoms with Crippen LogP contribution in [-0.4, -0.2) is 29.0 Å². The maximum atomic E-state index is 11.0. The van der Waals surface area contributed by atoms with Gasteiger partial charge in [0.15, 0.2) is 0 Å². The third kappa shape index (κ3) is 2.32. The third-order valence-corrected chi connectivity index (χ3v) is 3.40. The molecule has 1 aromatic heterocycles. The van der Waals surface area contributed by atoms with E-state index in [0.717, 1.165) is 36.2 Å². The summed E-state index contributed by atoms with van der Waals surface area (Å²) in [7, 11) is 0. The zero-order chi connectivity index (χ0) is 11.5. The standard InChI is InChI=1S/C10H13BrN4O/c11-8-5-13-6-14-10(8)15-3-1-7(2-4-15)9(12)16/h5-7H,1-4H2,(H2,12,16). The van der Waals surface area contributed by atoms with Gasteiger partial charge >= 0.3 is 0 Å². The number of rotatable bonds is 2. The van der Waals surface area contributed by atoms with Gasteiger partial charge in [-0.15, -0.1) is 0 Å². The largest absolute Gasteiger partial charge is 0.369 e. The van der Waals surface area contributed by atoms with Gasteiger partial charge in [-0.1, -0.05) is 0 Å². The van der Waals surface area contributed by atoms with Gasteiger partial charge in [0.05, 0.1) is 4.47 Å². The van der Waals surface area contributed by atoms with Gasteiger partial charge in [0.2, 0.25) is 5.91 Å². The van der Waals surface area contributed by atoms with E-state index in [9.17, 15) is 4.79 Å². The molecule has 1 aromatic rings. The highest BCUT2D eigenvalue weighted by Gasteiger charge is 2.24. The summed E-state index contributed by atoms with van der Waals surface area (Å²) in [5.74, 6) is 0.705. The van der Waals surface area contributed by atoms with E-state index >= 15 is 0 Å². The molecular weight excluding hydrogens is 272 g/mol. The van der Waals surface area contributed by atoms with Crippen LogP contribution in [0.3, 0.4) is 0 Å². The second kappa shape index (κ2) is 4.78. The van der Waals surface area contributed by atoms with Crippen LogP contribution >= 0.6 is 15.9 Å². The van der Waals surface area contributed by atoms with Crippen LogP contribution in [0.15, 0.2) is 17.0 Å². The van der Waals surface area contributed by atoms with Crippen LogP contribution in [0.4, 0.5) is 5.82 Å². The third-order valence-electron chi connectivity index (χ3n) is 2.85. The van der Waals surface area contributed by atoms with E-state index in [1.165, 1.54) is 6.33 Å². The van der Waals surface area contributed by atoms with Crippen molar-refractivity contribution < 1.29 is 4.79 Å². The van der Waals surface area contributed by atoms with Crippen LogP contribution in [0.2, 0.25) is 0 Å². The Labute approximate surface area is 102 Å². The van der Waals surface area contributed by atoms with Crippen LogP contribution in [0.5, 0.6) is 0 Å². The van der Waals surface area contributed by atoms with Crippen molar-refractivity contribution >= 4 is 27.7 Å². The molecular formula is C10H13BrN4O. The van der Waals surface area contributed by atoms with Crippen molar-refractivity contribution in [2.24, 2.45) is 11.7 Å². The fourth-order valence-corrected chi connectivity index (χ4v) is 2.39. The molecule has 0 bridgehead atoms. The number of hydrogen-bond acceptors (Lipinski definition) is 4. The summed E-state index contributed by atoms with van der Waals surface area (Å²) in [5, 5.41) is 0. The maximum absolute atomic E-state index is 11.0. The van der Waals surface area contributed by atoms with Crippen LogP contribution in [0.1, 0.15) is 12.8 Å². The molecule has 6 heteroatoms. The van der Waals surface area contributed by atoms with E-state index < -0.39 is 0 Å². The lowest BCUT2D eigenvalue weighted by molar-refractivity contribution is -0.122. The molecule has 5 nitrogen and oxygen atoms in total. The molecule has 2 N–H and O–H groups in total. The monoisotopic (exact) mass is 284 g/mol. The first-order valence-corrected chi connectivity index (χ1v) is 5.97. The SMILES string of the molecule is NC(=O)C1CCN(c2ncncc2Br)CC1. The predicted octanol–water partition coefficient (Wildman–Crippen LogP) is 0.941. The highest BCUT2D eigenvalue weighted by atomic mass is 79.9. The minimum absolute atomic E-state index is 0.0110. The van der Waals surface area contributed by atoms with E-state index in [2.05, 4.69) is 30.8 Å². The zero-order valence-electron chi connectivity index (χ0n) is 8.77. The molecule has 0 saturated carbocycles. The van der Waals surface area contributed by atoms with Gasteiger partial charge in [0.1, 0.15) is 12.1 Å². The van der Waals surface area contributed by atoms with Gasteiger partial charge in [-0.3, -0.25) is 4.79 Å². The quantitative estimate of drug-likeness (QED) is 0.877. The molecule has 1 amide bonds. The zero-order valence-corrected chi connectivity index (χ0v) is 10.4. The Balaban J connectivity index is 2.05. The van der Waals surface area contributed by atoms with Crippen molar-refractivity contribution in [3.63, 3.8) is 0 Å². The molecule has 0 radical (unpaired) electrons. The van der Waals surface area contributed by atoms with E-state index in [1.54, 1.807) is 6.20 Å². The fourth-order valence-electron chi connectivity index (χ4n) is 1.91. The smallest absolute Gasteiger partial charge is 0.220 e. The molecule has 1 saturated heterocycles. The lowest BCUT2D eigenvalue weighted by atomic mass is 9.96. The molecule has 2 rings (SSSR count). The van der Waals surface area contributed by atoms with Crippen molar-refractivity contribution in [1.82, 2.24) is 9.97 Å². The van der Waals surface area contributed by atoms with Gasteiger partial charge in [-0.2, -0.15) is 0 Å². The summed E-state index contributed by atoms with van der Waals surface area (Å²) in [6.45, 7) is 1.62. The summed E-state index contributed by atoms with van der Waals surface area (Å²) in [6.07, 6.45) is 4.85. The Morgan fingerprint density at radius 3 is 2.75 bits per heavy atom. The van der Waals surface area contributed by atoms with Gasteiger partial charge in [0, 0.05) is 25.2 Å². The number of halogens is 1. The Hall–Kier alpha value is -1.17. The number of anilines is 1. The normalized spacial score (nSPS) is 17.4. The molecule has 0 unspecified atom stereocenters. The average molecular weight is 285 g/mol. The van der Waals surface area contributed by atoms with Crippen molar-refractivity contribution in [2.75, 3.05) is 18.0 Å². The Morgan fingerprint density at radius 1 is 1.50 bits per heavy atom. The fraction of sp³-hybridized carbons (Fsp3) is 0.500. The molecule has 0 aromatic carbocycles. The highest BCUT2D eigenvalue weighted by Crippen LogP contribution is 2.26. The molecule has 0 atom stereocenters. The van der Waals surface area contributed by atoms with Crippen molar-refractivity contribution in [2.45, 2.75) is 12.8 Å². The molecule has 0 aliphatic carbocycles. The number of piperidine rings is 1. The molecule has 0 spiro atoms. The van der Waals surface area contributed by atoms with Crippen LogP contribution < -0.4 is 10.6 Å². The van der Waals surface area contributed by atoms with Crippen LogP contribution in [-0.2, 0) is 4.79 Å². The Bertz CT molecular complexity index is 390. The van der Waals surface area contributed by atoms with Crippen LogP contribution in [0, 0.1) is 5.92 Å². The van der Waals surface area contributed by atoms with Gasteiger partial charge in [-0.05, 0) is 28.8 Å². The number of aromatic nitrogens is 2. The summed E-state index contributed by atoms with van der Waals surface area (Å²) >= 11 is 3.42. The second-order valence-electron chi connectivity index (χ2n) is 3.86. The summed E-state index contributed by atoms with van der Waals surface area (Å²) < 4.78 is 0.882. The minimum Gasteiger partial charge on any atom is -0.369 e. The van der Waals surface area contributed by atoms with Gasteiger partial charge < -0.3 is 10.6 Å². The minimum atomic E-state index is -0.193. The van der Waals surface area contributed by atoms with Crippen LogP contribution in [0.25, 0.3) is 0 Å². The number of hydrogen-bond donors (Lipinski definition) is 1. The van der Waals surface area contributed by atoms with Gasteiger partial charge in [-0.25, -0.2) is 9.97 Å². The maximum Gasteiger partial charge on any atom is 0.220 e. The van der Waals surface area contributed by atoms with Gasteiger partial charge in [0.25, 0.3) is 0 Å². The number of primary amides is 1. The first-order chi connectivity index (χ1) is 7.68. The van der Waals surface area contributed by atoms with Crippen molar-refractivity contribution in [3.05, 3.63) is 17.0 Å². The second-order valence-corrected chi connectivity index (χ2v) is 4.71. The lowest BCUT2D eigenvalue weighted by Gasteiger charge is -2.31. The first kappa shape index (κ1) is 11.3. The van der Waals surface area contributed by atoms with E-state index in [4.69, 9.17) is 5.73 Å². The Morgan fingerprint density at radius 2 is 2.19 bits per heavy atom. The molecule has 16 heavy (non-hydrogen) atoms. The van der Waals surface area contributed by atoms with E-state index in [0.29, 0.717) is 0 Å².